The second kappa shape index (κ2) is 5.33. The Morgan fingerprint density at radius 3 is 2.65 bits per heavy atom. The minimum atomic E-state index is 0.816. The quantitative estimate of drug-likeness (QED) is 0.753. The SMILES string of the molecule is Cc1cccc(CNc2cccc3ccc(C)nc23)c1. The van der Waals surface area contributed by atoms with Crippen molar-refractivity contribution in [3.8, 4) is 0 Å². The van der Waals surface area contributed by atoms with E-state index in [4.69, 9.17) is 0 Å². The van der Waals surface area contributed by atoms with Crippen molar-refractivity contribution in [3.63, 3.8) is 0 Å². The van der Waals surface area contributed by atoms with Crippen LogP contribution in [0.1, 0.15) is 16.8 Å². The van der Waals surface area contributed by atoms with Gasteiger partial charge in [0.15, 0.2) is 0 Å². The first-order valence-corrected chi connectivity index (χ1v) is 6.88. The summed E-state index contributed by atoms with van der Waals surface area (Å²) in [4.78, 5) is 4.64. The fourth-order valence-corrected chi connectivity index (χ4v) is 2.41. The van der Waals surface area contributed by atoms with Crippen LogP contribution >= 0.6 is 0 Å². The van der Waals surface area contributed by atoms with Crippen LogP contribution in [-0.2, 0) is 6.54 Å². The molecule has 0 bridgehead atoms. The standard InChI is InChI=1S/C18H18N2/c1-13-5-3-6-15(11-13)12-19-17-8-4-7-16-10-9-14(2)20-18(16)17/h3-11,19H,12H2,1-2H3. The van der Waals surface area contributed by atoms with E-state index in [9.17, 15) is 0 Å². The van der Waals surface area contributed by atoms with Crippen molar-refractivity contribution in [2.45, 2.75) is 20.4 Å². The molecule has 0 aliphatic rings. The number of aryl methyl sites for hydroxylation is 2. The molecule has 3 aromatic rings. The molecular formula is C18H18N2. The molecule has 1 heterocycles. The molecule has 0 aliphatic carbocycles. The average molecular weight is 262 g/mol. The van der Waals surface area contributed by atoms with Crippen molar-refractivity contribution < 1.29 is 0 Å². The van der Waals surface area contributed by atoms with Crippen LogP contribution in [0.5, 0.6) is 0 Å². The molecule has 1 N–H and O–H groups in total. The second-order valence-electron chi connectivity index (χ2n) is 5.17. The van der Waals surface area contributed by atoms with E-state index in [1.165, 1.54) is 16.5 Å². The van der Waals surface area contributed by atoms with Gasteiger partial charge in [0.1, 0.15) is 0 Å². The minimum Gasteiger partial charge on any atom is -0.379 e. The van der Waals surface area contributed by atoms with Crippen LogP contribution < -0.4 is 5.32 Å². The number of fused-ring (bicyclic) bond motifs is 1. The molecule has 0 atom stereocenters. The number of nitrogens with zero attached hydrogens (tertiary/aromatic N) is 1. The largest absolute Gasteiger partial charge is 0.379 e. The summed E-state index contributed by atoms with van der Waals surface area (Å²) in [5.74, 6) is 0. The van der Waals surface area contributed by atoms with Gasteiger partial charge in [0.2, 0.25) is 0 Å². The Hall–Kier alpha value is -2.35. The summed E-state index contributed by atoms with van der Waals surface area (Å²) in [6, 6.07) is 19.0. The van der Waals surface area contributed by atoms with Gasteiger partial charge in [0.05, 0.1) is 11.2 Å². The van der Waals surface area contributed by atoms with Crippen molar-refractivity contribution in [1.82, 2.24) is 4.98 Å². The van der Waals surface area contributed by atoms with E-state index in [0.717, 1.165) is 23.4 Å². The maximum Gasteiger partial charge on any atom is 0.0936 e. The molecule has 2 nitrogen and oxygen atoms in total. The third-order valence-electron chi connectivity index (χ3n) is 3.42. The lowest BCUT2D eigenvalue weighted by Gasteiger charge is -2.10. The molecular weight excluding hydrogens is 244 g/mol. The van der Waals surface area contributed by atoms with E-state index in [1.54, 1.807) is 0 Å². The highest BCUT2D eigenvalue weighted by molar-refractivity contribution is 5.90. The Labute approximate surface area is 119 Å². The Bertz CT molecular complexity index is 747. The van der Waals surface area contributed by atoms with Gasteiger partial charge in [0.25, 0.3) is 0 Å². The molecule has 0 saturated carbocycles. The lowest BCUT2D eigenvalue weighted by molar-refractivity contribution is 1.14. The third-order valence-corrected chi connectivity index (χ3v) is 3.42. The number of hydrogen-bond donors (Lipinski definition) is 1. The average Bonchev–Trinajstić information content (AvgIpc) is 2.45. The van der Waals surface area contributed by atoms with Crippen LogP contribution in [0.25, 0.3) is 10.9 Å². The van der Waals surface area contributed by atoms with Crippen LogP contribution in [0.4, 0.5) is 5.69 Å². The highest BCUT2D eigenvalue weighted by Crippen LogP contribution is 2.22. The van der Waals surface area contributed by atoms with E-state index >= 15 is 0 Å². The van der Waals surface area contributed by atoms with Gasteiger partial charge in [-0.2, -0.15) is 0 Å². The fourth-order valence-electron chi connectivity index (χ4n) is 2.41. The number of rotatable bonds is 3. The van der Waals surface area contributed by atoms with Crippen molar-refractivity contribution in [1.29, 1.82) is 0 Å². The van der Waals surface area contributed by atoms with Gasteiger partial charge in [-0.15, -0.1) is 0 Å². The normalized spacial score (nSPS) is 10.7. The minimum absolute atomic E-state index is 0.816. The molecule has 100 valence electrons. The molecule has 0 spiro atoms. The summed E-state index contributed by atoms with van der Waals surface area (Å²) in [6.45, 7) is 4.96. The van der Waals surface area contributed by atoms with Crippen LogP contribution in [-0.4, -0.2) is 4.98 Å². The summed E-state index contributed by atoms with van der Waals surface area (Å²) in [5.41, 5.74) is 5.75. The van der Waals surface area contributed by atoms with E-state index < -0.39 is 0 Å². The summed E-state index contributed by atoms with van der Waals surface area (Å²) in [5, 5.41) is 4.67. The second-order valence-corrected chi connectivity index (χ2v) is 5.17. The summed E-state index contributed by atoms with van der Waals surface area (Å²) in [6.07, 6.45) is 0. The van der Waals surface area contributed by atoms with Crippen molar-refractivity contribution >= 4 is 16.6 Å². The van der Waals surface area contributed by atoms with Gasteiger partial charge in [-0.05, 0) is 31.5 Å². The van der Waals surface area contributed by atoms with Gasteiger partial charge >= 0.3 is 0 Å². The number of para-hydroxylation sites is 1. The fraction of sp³-hybridized carbons (Fsp3) is 0.167. The molecule has 2 heteroatoms. The molecule has 0 radical (unpaired) electrons. The molecule has 20 heavy (non-hydrogen) atoms. The molecule has 0 saturated heterocycles. The number of nitrogens with one attached hydrogen (secondary N) is 1. The van der Waals surface area contributed by atoms with Crippen LogP contribution in [0.2, 0.25) is 0 Å². The zero-order chi connectivity index (χ0) is 13.9. The smallest absolute Gasteiger partial charge is 0.0936 e. The zero-order valence-electron chi connectivity index (χ0n) is 11.9. The van der Waals surface area contributed by atoms with Crippen molar-refractivity contribution in [3.05, 3.63) is 71.4 Å². The maximum absolute atomic E-state index is 4.64. The molecule has 0 aliphatic heterocycles. The third kappa shape index (κ3) is 2.64. The lowest BCUT2D eigenvalue weighted by atomic mass is 10.1. The Balaban J connectivity index is 1.89. The van der Waals surface area contributed by atoms with Crippen LogP contribution in [0, 0.1) is 13.8 Å². The van der Waals surface area contributed by atoms with Crippen molar-refractivity contribution in [2.24, 2.45) is 0 Å². The number of anilines is 1. The van der Waals surface area contributed by atoms with E-state index in [1.807, 2.05) is 13.0 Å². The molecule has 3 rings (SSSR count). The van der Waals surface area contributed by atoms with Gasteiger partial charge in [0, 0.05) is 17.6 Å². The monoisotopic (exact) mass is 262 g/mol. The first kappa shape index (κ1) is 12.7. The van der Waals surface area contributed by atoms with E-state index in [0.29, 0.717) is 0 Å². The molecule has 0 fully saturated rings. The molecule has 0 unspecified atom stereocenters. The number of benzene rings is 2. The van der Waals surface area contributed by atoms with Gasteiger partial charge in [-0.1, -0.05) is 48.0 Å². The van der Waals surface area contributed by atoms with Gasteiger partial charge in [-0.3, -0.25) is 4.98 Å². The Morgan fingerprint density at radius 1 is 0.950 bits per heavy atom. The van der Waals surface area contributed by atoms with Crippen molar-refractivity contribution in [2.75, 3.05) is 5.32 Å². The predicted molar refractivity (Wildman–Crippen MR) is 85.0 cm³/mol. The molecule has 2 aromatic carbocycles. The Morgan fingerprint density at radius 2 is 1.80 bits per heavy atom. The lowest BCUT2D eigenvalue weighted by Crippen LogP contribution is -2.01. The van der Waals surface area contributed by atoms with E-state index in [2.05, 4.69) is 65.8 Å². The first-order valence-electron chi connectivity index (χ1n) is 6.88. The van der Waals surface area contributed by atoms with Crippen LogP contribution in [0.3, 0.4) is 0 Å². The number of hydrogen-bond acceptors (Lipinski definition) is 2. The summed E-state index contributed by atoms with van der Waals surface area (Å²) < 4.78 is 0. The van der Waals surface area contributed by atoms with E-state index in [-0.39, 0.29) is 0 Å². The number of pyridine rings is 1. The topological polar surface area (TPSA) is 24.9 Å². The molecule has 1 aromatic heterocycles. The highest BCUT2D eigenvalue weighted by atomic mass is 14.9. The summed E-state index contributed by atoms with van der Waals surface area (Å²) in [7, 11) is 0. The molecule has 0 amide bonds. The highest BCUT2D eigenvalue weighted by Gasteiger charge is 2.02. The maximum atomic E-state index is 4.64. The predicted octanol–water partition coefficient (Wildman–Crippen LogP) is 4.46. The zero-order valence-corrected chi connectivity index (χ0v) is 11.9. The summed E-state index contributed by atoms with van der Waals surface area (Å²) >= 11 is 0. The Kier molecular flexibility index (Phi) is 3.38. The van der Waals surface area contributed by atoms with Gasteiger partial charge in [-0.25, -0.2) is 0 Å². The van der Waals surface area contributed by atoms with Gasteiger partial charge < -0.3 is 5.32 Å². The van der Waals surface area contributed by atoms with Crippen LogP contribution in [0.15, 0.2) is 54.6 Å². The first-order chi connectivity index (χ1) is 9.72. The number of aromatic nitrogens is 1.